The second-order valence-electron chi connectivity index (χ2n) is 6.40. The molecule has 3 N–H and O–H groups in total. The minimum Gasteiger partial charge on any atom is -0.481 e. The van der Waals surface area contributed by atoms with Gasteiger partial charge in [-0.15, -0.1) is 0 Å². The van der Waals surface area contributed by atoms with Gasteiger partial charge < -0.3 is 20.2 Å². The summed E-state index contributed by atoms with van der Waals surface area (Å²) in [7, 11) is 0. The predicted octanol–water partition coefficient (Wildman–Crippen LogP) is 2.67. The highest BCUT2D eigenvalue weighted by Gasteiger charge is 2.22. The van der Waals surface area contributed by atoms with Crippen LogP contribution in [0.25, 0.3) is 0 Å². The summed E-state index contributed by atoms with van der Waals surface area (Å²) in [5.74, 6) is 0.517. The average Bonchev–Trinajstić information content (AvgIpc) is 2.69. The van der Waals surface area contributed by atoms with Crippen molar-refractivity contribution in [2.75, 3.05) is 0 Å². The van der Waals surface area contributed by atoms with E-state index in [9.17, 15) is 9.59 Å². The number of hydrogen-bond acceptors (Lipinski definition) is 3. The number of carbonyl (C=O) groups is 2. The predicted molar refractivity (Wildman–Crippen MR) is 78.9 cm³/mol. The number of aliphatic carboxylic acids is 1. The van der Waals surface area contributed by atoms with Gasteiger partial charge in [0.25, 0.3) is 0 Å². The third-order valence-electron chi connectivity index (χ3n) is 2.83. The lowest BCUT2D eigenvalue weighted by Crippen LogP contribution is -2.44. The first-order valence-electron chi connectivity index (χ1n) is 6.97. The van der Waals surface area contributed by atoms with Crippen LogP contribution in [0.5, 0.6) is 0 Å². The highest BCUT2D eigenvalue weighted by Crippen LogP contribution is 2.22. The van der Waals surface area contributed by atoms with Crippen LogP contribution in [0.2, 0.25) is 0 Å². The zero-order valence-electron chi connectivity index (χ0n) is 13.0. The third-order valence-corrected chi connectivity index (χ3v) is 2.83. The number of furan rings is 1. The van der Waals surface area contributed by atoms with Crippen LogP contribution < -0.4 is 10.6 Å². The lowest BCUT2D eigenvalue weighted by atomic mass is 9.87. The smallest absolute Gasteiger partial charge is 0.315 e. The molecule has 0 aliphatic carbocycles. The molecule has 0 fully saturated rings. The fourth-order valence-electron chi connectivity index (χ4n) is 2.11. The van der Waals surface area contributed by atoms with E-state index in [4.69, 9.17) is 9.52 Å². The van der Waals surface area contributed by atoms with Gasteiger partial charge in [0.1, 0.15) is 11.5 Å². The molecule has 2 amide bonds. The van der Waals surface area contributed by atoms with Crippen LogP contribution in [0.3, 0.4) is 0 Å². The quantitative estimate of drug-likeness (QED) is 0.752. The molecule has 0 aliphatic heterocycles. The highest BCUT2D eigenvalue weighted by molar-refractivity contribution is 5.75. The largest absolute Gasteiger partial charge is 0.481 e. The number of aryl methyl sites for hydroxylation is 1. The molecule has 1 rings (SSSR count). The van der Waals surface area contributed by atoms with Crippen LogP contribution in [-0.2, 0) is 11.3 Å². The van der Waals surface area contributed by atoms with E-state index in [1.165, 1.54) is 0 Å². The van der Waals surface area contributed by atoms with Crippen molar-refractivity contribution in [2.24, 2.45) is 5.41 Å². The number of amides is 2. The summed E-state index contributed by atoms with van der Waals surface area (Å²) in [5.41, 5.74) is -0.0640. The molecule has 0 spiro atoms. The Balaban J connectivity index is 2.49. The Morgan fingerprint density at radius 1 is 1.33 bits per heavy atom. The summed E-state index contributed by atoms with van der Waals surface area (Å²) >= 11 is 0. The Bertz CT molecular complexity index is 488. The summed E-state index contributed by atoms with van der Waals surface area (Å²) in [6.45, 7) is 8.12. The number of carboxylic acids is 1. The van der Waals surface area contributed by atoms with Gasteiger partial charge in [0.2, 0.25) is 0 Å². The van der Waals surface area contributed by atoms with E-state index >= 15 is 0 Å². The lowest BCUT2D eigenvalue weighted by Gasteiger charge is -2.25. The topological polar surface area (TPSA) is 91.6 Å². The first-order chi connectivity index (χ1) is 9.65. The Morgan fingerprint density at radius 2 is 2.00 bits per heavy atom. The van der Waals surface area contributed by atoms with Crippen LogP contribution >= 0.6 is 0 Å². The van der Waals surface area contributed by atoms with Crippen LogP contribution in [-0.4, -0.2) is 23.1 Å². The second kappa shape index (κ2) is 7.15. The molecule has 6 heteroatoms. The van der Waals surface area contributed by atoms with Crippen molar-refractivity contribution in [3.8, 4) is 0 Å². The fraction of sp³-hybridized carbons (Fsp3) is 0.600. The molecule has 21 heavy (non-hydrogen) atoms. The first kappa shape index (κ1) is 17.1. The van der Waals surface area contributed by atoms with Crippen LogP contribution in [0.4, 0.5) is 4.79 Å². The molecule has 0 aliphatic rings. The van der Waals surface area contributed by atoms with Gasteiger partial charge in [0, 0.05) is 6.04 Å². The highest BCUT2D eigenvalue weighted by atomic mass is 16.4. The van der Waals surface area contributed by atoms with E-state index in [1.54, 1.807) is 6.07 Å². The summed E-state index contributed by atoms with van der Waals surface area (Å²) in [6, 6.07) is 2.82. The second-order valence-corrected chi connectivity index (χ2v) is 6.40. The summed E-state index contributed by atoms with van der Waals surface area (Å²) in [4.78, 5) is 22.7. The Labute approximate surface area is 124 Å². The number of nitrogens with one attached hydrogen (secondary N) is 2. The maximum Gasteiger partial charge on any atom is 0.315 e. The standard InChI is InChI=1S/C15H24N2O4/c1-10-5-6-12(21-10)9-16-14(20)17-11(7-13(18)19)8-15(2,3)4/h5-6,11H,7-9H2,1-4H3,(H,18,19)(H2,16,17,20). The molecule has 1 atom stereocenters. The van der Waals surface area contributed by atoms with E-state index in [0.29, 0.717) is 12.2 Å². The number of urea groups is 1. The molecule has 0 radical (unpaired) electrons. The molecule has 0 bridgehead atoms. The SMILES string of the molecule is Cc1ccc(CNC(=O)NC(CC(=O)O)CC(C)(C)C)o1. The van der Waals surface area contributed by atoms with E-state index in [2.05, 4.69) is 10.6 Å². The van der Waals surface area contributed by atoms with Gasteiger partial charge in [0.05, 0.1) is 13.0 Å². The lowest BCUT2D eigenvalue weighted by molar-refractivity contribution is -0.137. The number of carboxylic acid groups (broad SMARTS) is 1. The van der Waals surface area contributed by atoms with E-state index in [-0.39, 0.29) is 24.4 Å². The van der Waals surface area contributed by atoms with Gasteiger partial charge >= 0.3 is 12.0 Å². The van der Waals surface area contributed by atoms with Crippen molar-refractivity contribution in [1.29, 1.82) is 0 Å². The Morgan fingerprint density at radius 3 is 2.48 bits per heavy atom. The van der Waals surface area contributed by atoms with Gasteiger partial charge in [0.15, 0.2) is 0 Å². The zero-order chi connectivity index (χ0) is 16.0. The molecule has 1 aromatic heterocycles. The average molecular weight is 296 g/mol. The molecule has 118 valence electrons. The van der Waals surface area contributed by atoms with Gasteiger partial charge in [-0.3, -0.25) is 4.79 Å². The molecule has 0 saturated heterocycles. The first-order valence-corrected chi connectivity index (χ1v) is 6.97. The van der Waals surface area contributed by atoms with E-state index in [0.717, 1.165) is 5.76 Å². The Hall–Kier alpha value is -1.98. The minimum absolute atomic E-state index is 0.0640. The van der Waals surface area contributed by atoms with Crippen LogP contribution in [0, 0.1) is 12.3 Å². The monoisotopic (exact) mass is 296 g/mol. The van der Waals surface area contributed by atoms with Crippen LogP contribution in [0.15, 0.2) is 16.5 Å². The third kappa shape index (κ3) is 7.39. The minimum atomic E-state index is -0.925. The molecular formula is C15H24N2O4. The Kier molecular flexibility index (Phi) is 5.81. The van der Waals surface area contributed by atoms with Gasteiger partial charge in [-0.05, 0) is 30.9 Å². The van der Waals surface area contributed by atoms with Crippen molar-refractivity contribution in [3.63, 3.8) is 0 Å². The van der Waals surface area contributed by atoms with Crippen molar-refractivity contribution in [3.05, 3.63) is 23.7 Å². The maximum absolute atomic E-state index is 11.8. The zero-order valence-corrected chi connectivity index (χ0v) is 13.0. The molecule has 1 unspecified atom stereocenters. The number of hydrogen-bond donors (Lipinski definition) is 3. The molecule has 0 saturated carbocycles. The van der Waals surface area contributed by atoms with Crippen LogP contribution in [0.1, 0.15) is 45.1 Å². The summed E-state index contributed by atoms with van der Waals surface area (Å²) in [5, 5.41) is 14.3. The summed E-state index contributed by atoms with van der Waals surface area (Å²) < 4.78 is 5.35. The van der Waals surface area contributed by atoms with Crippen molar-refractivity contribution < 1.29 is 19.1 Å². The maximum atomic E-state index is 11.8. The van der Waals surface area contributed by atoms with Gasteiger partial charge in [-0.25, -0.2) is 4.79 Å². The van der Waals surface area contributed by atoms with Crippen molar-refractivity contribution in [1.82, 2.24) is 10.6 Å². The molecule has 0 aromatic carbocycles. The van der Waals surface area contributed by atoms with Gasteiger partial charge in [-0.2, -0.15) is 0 Å². The molecule has 1 heterocycles. The van der Waals surface area contributed by atoms with E-state index < -0.39 is 12.0 Å². The van der Waals surface area contributed by atoms with Gasteiger partial charge in [-0.1, -0.05) is 20.8 Å². The summed E-state index contributed by atoms with van der Waals surface area (Å²) in [6.07, 6.45) is 0.497. The molecule has 1 aromatic rings. The van der Waals surface area contributed by atoms with Crippen molar-refractivity contribution >= 4 is 12.0 Å². The normalized spacial score (nSPS) is 12.8. The molecule has 6 nitrogen and oxygen atoms in total. The van der Waals surface area contributed by atoms with Crippen molar-refractivity contribution in [2.45, 2.75) is 53.1 Å². The fourth-order valence-corrected chi connectivity index (χ4v) is 2.11. The number of carbonyl (C=O) groups excluding carboxylic acids is 1. The van der Waals surface area contributed by atoms with E-state index in [1.807, 2.05) is 33.8 Å². The molecular weight excluding hydrogens is 272 g/mol. The number of rotatable bonds is 6.